The molecule has 18 heavy (non-hydrogen) atoms. The van der Waals surface area contributed by atoms with E-state index in [2.05, 4.69) is 15.3 Å². The monoisotopic (exact) mass is 245 g/mol. The third-order valence-corrected chi connectivity index (χ3v) is 2.73. The lowest BCUT2D eigenvalue weighted by molar-refractivity contribution is -0.137. The van der Waals surface area contributed by atoms with E-state index in [4.69, 9.17) is 5.11 Å². The van der Waals surface area contributed by atoms with Crippen molar-refractivity contribution in [1.82, 2.24) is 9.97 Å². The Bertz CT molecular complexity index is 564. The van der Waals surface area contributed by atoms with E-state index in [0.29, 0.717) is 13.0 Å². The first kappa shape index (κ1) is 12.3. The summed E-state index contributed by atoms with van der Waals surface area (Å²) in [6, 6.07) is 5.90. The number of anilines is 1. The molecule has 0 spiro atoms. The predicted octanol–water partition coefficient (Wildman–Crippen LogP) is 2.21. The Labute approximate surface area is 105 Å². The van der Waals surface area contributed by atoms with Crippen LogP contribution < -0.4 is 5.32 Å². The van der Waals surface area contributed by atoms with Crippen LogP contribution >= 0.6 is 0 Å². The highest BCUT2D eigenvalue weighted by Gasteiger charge is 2.05. The van der Waals surface area contributed by atoms with Crippen LogP contribution in [0, 0.1) is 6.92 Å². The van der Waals surface area contributed by atoms with Crippen LogP contribution in [0.15, 0.2) is 24.5 Å². The summed E-state index contributed by atoms with van der Waals surface area (Å²) in [7, 11) is 0. The summed E-state index contributed by atoms with van der Waals surface area (Å²) in [5.41, 5.74) is 2.00. The molecule has 0 aliphatic carbocycles. The van der Waals surface area contributed by atoms with Gasteiger partial charge in [-0.1, -0.05) is 12.1 Å². The standard InChI is InChI=1S/C13H15N3O2/c1-9-4-2-5-10-12(9)13(16-8-15-10)14-7-3-6-11(17)18/h2,4-5,8H,3,6-7H2,1H3,(H,17,18)(H,14,15,16). The number of hydrogen-bond donors (Lipinski definition) is 2. The van der Waals surface area contributed by atoms with Crippen molar-refractivity contribution in [2.24, 2.45) is 0 Å². The van der Waals surface area contributed by atoms with Crippen LogP contribution in [-0.4, -0.2) is 27.6 Å². The zero-order valence-corrected chi connectivity index (χ0v) is 10.2. The van der Waals surface area contributed by atoms with Crippen molar-refractivity contribution < 1.29 is 9.90 Å². The van der Waals surface area contributed by atoms with Gasteiger partial charge in [0.15, 0.2) is 0 Å². The highest BCUT2D eigenvalue weighted by molar-refractivity contribution is 5.91. The Morgan fingerprint density at radius 2 is 2.22 bits per heavy atom. The van der Waals surface area contributed by atoms with Gasteiger partial charge in [-0.15, -0.1) is 0 Å². The summed E-state index contributed by atoms with van der Waals surface area (Å²) in [6.07, 6.45) is 2.25. The molecule has 0 saturated heterocycles. The molecule has 0 fully saturated rings. The molecule has 0 bridgehead atoms. The van der Waals surface area contributed by atoms with E-state index in [1.807, 2.05) is 25.1 Å². The molecule has 2 rings (SSSR count). The topological polar surface area (TPSA) is 75.1 Å². The maximum Gasteiger partial charge on any atom is 0.303 e. The van der Waals surface area contributed by atoms with Gasteiger partial charge in [0.05, 0.1) is 5.52 Å². The van der Waals surface area contributed by atoms with Crippen LogP contribution in [0.1, 0.15) is 18.4 Å². The first-order valence-corrected chi connectivity index (χ1v) is 5.84. The minimum absolute atomic E-state index is 0.162. The summed E-state index contributed by atoms with van der Waals surface area (Å²) in [4.78, 5) is 18.9. The molecule has 94 valence electrons. The molecular weight excluding hydrogens is 230 g/mol. The largest absolute Gasteiger partial charge is 0.481 e. The lowest BCUT2D eigenvalue weighted by Gasteiger charge is -2.09. The van der Waals surface area contributed by atoms with Gasteiger partial charge in [-0.2, -0.15) is 0 Å². The van der Waals surface area contributed by atoms with E-state index in [1.165, 1.54) is 6.33 Å². The molecule has 0 aliphatic rings. The second kappa shape index (κ2) is 5.44. The number of nitrogens with zero attached hydrogens (tertiary/aromatic N) is 2. The lowest BCUT2D eigenvalue weighted by atomic mass is 10.1. The zero-order valence-electron chi connectivity index (χ0n) is 10.2. The summed E-state index contributed by atoms with van der Waals surface area (Å²) in [5.74, 6) is -0.0102. The predicted molar refractivity (Wildman–Crippen MR) is 69.6 cm³/mol. The molecule has 0 radical (unpaired) electrons. The molecule has 0 unspecified atom stereocenters. The first-order valence-electron chi connectivity index (χ1n) is 5.84. The fourth-order valence-electron chi connectivity index (χ4n) is 1.86. The highest BCUT2D eigenvalue weighted by Crippen LogP contribution is 2.22. The molecule has 1 aromatic carbocycles. The van der Waals surface area contributed by atoms with E-state index >= 15 is 0 Å². The number of carboxylic acid groups (broad SMARTS) is 1. The Morgan fingerprint density at radius 3 is 3.00 bits per heavy atom. The van der Waals surface area contributed by atoms with Crippen molar-refractivity contribution in [2.75, 3.05) is 11.9 Å². The lowest BCUT2D eigenvalue weighted by Crippen LogP contribution is -2.07. The fourth-order valence-corrected chi connectivity index (χ4v) is 1.86. The van der Waals surface area contributed by atoms with Crippen LogP contribution in [0.2, 0.25) is 0 Å². The van der Waals surface area contributed by atoms with E-state index < -0.39 is 5.97 Å². The number of carbonyl (C=O) groups is 1. The quantitative estimate of drug-likeness (QED) is 0.790. The van der Waals surface area contributed by atoms with Crippen molar-refractivity contribution in [2.45, 2.75) is 19.8 Å². The van der Waals surface area contributed by atoms with Gasteiger partial charge in [0.2, 0.25) is 0 Å². The molecule has 0 amide bonds. The molecule has 5 heteroatoms. The van der Waals surface area contributed by atoms with Gasteiger partial charge in [0.25, 0.3) is 0 Å². The third kappa shape index (κ3) is 2.74. The van der Waals surface area contributed by atoms with Gasteiger partial charge in [-0.05, 0) is 25.0 Å². The number of aryl methyl sites for hydroxylation is 1. The number of fused-ring (bicyclic) bond motifs is 1. The molecule has 2 aromatic rings. The normalized spacial score (nSPS) is 10.5. The Kier molecular flexibility index (Phi) is 3.72. The smallest absolute Gasteiger partial charge is 0.303 e. The van der Waals surface area contributed by atoms with Crippen molar-refractivity contribution >= 4 is 22.7 Å². The third-order valence-electron chi connectivity index (χ3n) is 2.73. The molecule has 0 atom stereocenters. The number of carboxylic acids is 1. The maximum absolute atomic E-state index is 10.4. The van der Waals surface area contributed by atoms with Crippen LogP contribution in [0.25, 0.3) is 10.9 Å². The summed E-state index contributed by atoms with van der Waals surface area (Å²) in [5, 5.41) is 12.7. The highest BCUT2D eigenvalue weighted by atomic mass is 16.4. The van der Waals surface area contributed by atoms with Gasteiger partial charge in [-0.25, -0.2) is 9.97 Å². The number of nitrogens with one attached hydrogen (secondary N) is 1. The number of aliphatic carboxylic acids is 1. The van der Waals surface area contributed by atoms with E-state index in [9.17, 15) is 4.79 Å². The zero-order chi connectivity index (χ0) is 13.0. The van der Waals surface area contributed by atoms with Gasteiger partial charge in [-0.3, -0.25) is 4.79 Å². The second-order valence-corrected chi connectivity index (χ2v) is 4.12. The number of hydrogen-bond acceptors (Lipinski definition) is 4. The number of rotatable bonds is 5. The number of aromatic nitrogens is 2. The summed E-state index contributed by atoms with van der Waals surface area (Å²) >= 11 is 0. The average molecular weight is 245 g/mol. The van der Waals surface area contributed by atoms with Crippen LogP contribution in [-0.2, 0) is 4.79 Å². The molecule has 0 aliphatic heterocycles. The second-order valence-electron chi connectivity index (χ2n) is 4.12. The van der Waals surface area contributed by atoms with Crippen LogP contribution in [0.3, 0.4) is 0 Å². The van der Waals surface area contributed by atoms with E-state index in [-0.39, 0.29) is 6.42 Å². The first-order chi connectivity index (χ1) is 8.68. The van der Waals surface area contributed by atoms with Crippen LogP contribution in [0.4, 0.5) is 5.82 Å². The Balaban J connectivity index is 2.15. The van der Waals surface area contributed by atoms with Crippen molar-refractivity contribution in [3.05, 3.63) is 30.1 Å². The minimum Gasteiger partial charge on any atom is -0.481 e. The summed E-state index contributed by atoms with van der Waals surface area (Å²) < 4.78 is 0. The minimum atomic E-state index is -0.777. The van der Waals surface area contributed by atoms with Crippen LogP contribution in [0.5, 0.6) is 0 Å². The maximum atomic E-state index is 10.4. The SMILES string of the molecule is Cc1cccc2ncnc(NCCCC(=O)O)c12. The van der Waals surface area contributed by atoms with Crippen molar-refractivity contribution in [3.63, 3.8) is 0 Å². The van der Waals surface area contributed by atoms with Gasteiger partial charge in [0.1, 0.15) is 12.1 Å². The molecule has 2 N–H and O–H groups in total. The Hall–Kier alpha value is -2.17. The van der Waals surface area contributed by atoms with Crippen molar-refractivity contribution in [3.8, 4) is 0 Å². The van der Waals surface area contributed by atoms with Gasteiger partial charge >= 0.3 is 5.97 Å². The fraction of sp³-hybridized carbons (Fsp3) is 0.308. The van der Waals surface area contributed by atoms with E-state index in [1.54, 1.807) is 0 Å². The van der Waals surface area contributed by atoms with Gasteiger partial charge in [0, 0.05) is 18.4 Å². The molecular formula is C13H15N3O2. The average Bonchev–Trinajstić information content (AvgIpc) is 2.34. The molecule has 1 heterocycles. The Morgan fingerprint density at radius 1 is 1.39 bits per heavy atom. The van der Waals surface area contributed by atoms with Crippen molar-refractivity contribution in [1.29, 1.82) is 0 Å². The number of benzene rings is 1. The van der Waals surface area contributed by atoms with Gasteiger partial charge < -0.3 is 10.4 Å². The molecule has 0 saturated carbocycles. The van der Waals surface area contributed by atoms with E-state index in [0.717, 1.165) is 22.3 Å². The molecule has 5 nitrogen and oxygen atoms in total. The summed E-state index contributed by atoms with van der Waals surface area (Å²) in [6.45, 7) is 2.60. The molecule has 1 aromatic heterocycles.